The first-order valence-electron chi connectivity index (χ1n) is 11.1. The smallest absolute Gasteiger partial charge is 0.418 e. The highest BCUT2D eigenvalue weighted by Gasteiger charge is 2.10. The number of halogens is 2. The summed E-state index contributed by atoms with van der Waals surface area (Å²) in [5, 5.41) is 10.4. The summed E-state index contributed by atoms with van der Waals surface area (Å²) < 4.78 is 41.0. The molecule has 9 nitrogen and oxygen atoms in total. The molecule has 2 heterocycles. The molecule has 0 bridgehead atoms. The lowest BCUT2D eigenvalue weighted by Gasteiger charge is -2.06. The minimum atomic E-state index is -2.87. The van der Waals surface area contributed by atoms with Crippen LogP contribution in [0.2, 0.25) is 0 Å². The summed E-state index contributed by atoms with van der Waals surface area (Å²) in [5.74, 6) is 0.268. The zero-order chi connectivity index (χ0) is 25.2. The van der Waals surface area contributed by atoms with E-state index in [0.717, 1.165) is 31.4 Å². The Labute approximate surface area is 205 Å². The number of aryl methyl sites for hydroxylation is 2. The van der Waals surface area contributed by atoms with E-state index in [0.29, 0.717) is 11.3 Å². The number of unbranched alkanes of at least 4 members (excludes halogenated alkanes) is 1. The lowest BCUT2D eigenvalue weighted by atomic mass is 10.1. The molecule has 0 radical (unpaired) electrons. The molecule has 0 unspecified atom stereocenters. The average molecular weight is 495 g/mol. The van der Waals surface area contributed by atoms with Crippen LogP contribution in [0.15, 0.2) is 71.6 Å². The van der Waals surface area contributed by atoms with Crippen LogP contribution in [-0.4, -0.2) is 32.7 Å². The summed E-state index contributed by atoms with van der Waals surface area (Å²) in [7, 11) is 0. The normalized spacial score (nSPS) is 11.2. The van der Waals surface area contributed by atoms with Gasteiger partial charge in [-0.2, -0.15) is 13.8 Å². The summed E-state index contributed by atoms with van der Waals surface area (Å²) in [6.07, 6.45) is 10.2. The third-order valence-corrected chi connectivity index (χ3v) is 5.00. The fourth-order valence-electron chi connectivity index (χ4n) is 3.27. The molecule has 0 saturated carbocycles. The molecule has 1 N–H and O–H groups in total. The molecule has 1 amide bonds. The van der Waals surface area contributed by atoms with Gasteiger partial charge in [-0.05, 0) is 60.7 Å². The molecule has 0 aliphatic carbocycles. The van der Waals surface area contributed by atoms with Gasteiger partial charge in [0.1, 0.15) is 5.75 Å². The molecule has 11 heteroatoms. The van der Waals surface area contributed by atoms with Gasteiger partial charge in [0.15, 0.2) is 6.26 Å². The zero-order valence-electron chi connectivity index (χ0n) is 19.1. The Morgan fingerprint density at radius 3 is 2.61 bits per heavy atom. The number of oxazole rings is 1. The Morgan fingerprint density at radius 2 is 1.89 bits per heavy atom. The quantitative estimate of drug-likeness (QED) is 0.267. The van der Waals surface area contributed by atoms with E-state index >= 15 is 0 Å². The van der Waals surface area contributed by atoms with Gasteiger partial charge in [-0.3, -0.25) is 10.00 Å². The van der Waals surface area contributed by atoms with E-state index in [9.17, 15) is 13.6 Å². The Kier molecular flexibility index (Phi) is 8.36. The van der Waals surface area contributed by atoms with Crippen LogP contribution in [0.5, 0.6) is 11.6 Å². The molecule has 0 spiro atoms. The lowest BCUT2D eigenvalue weighted by Crippen LogP contribution is -2.16. The van der Waals surface area contributed by atoms with Crippen LogP contribution in [-0.2, 0) is 13.0 Å². The van der Waals surface area contributed by atoms with E-state index in [2.05, 4.69) is 25.3 Å². The summed E-state index contributed by atoms with van der Waals surface area (Å²) in [6, 6.07) is 13.6. The van der Waals surface area contributed by atoms with Crippen LogP contribution in [0.3, 0.4) is 0 Å². The van der Waals surface area contributed by atoms with Gasteiger partial charge in [0.05, 0.1) is 6.20 Å². The fourth-order valence-corrected chi connectivity index (χ4v) is 3.27. The van der Waals surface area contributed by atoms with Crippen molar-refractivity contribution in [3.05, 3.63) is 84.2 Å². The van der Waals surface area contributed by atoms with Crippen LogP contribution in [0.25, 0.3) is 12.2 Å². The monoisotopic (exact) mass is 495 g/mol. The number of nitrogens with zero attached hydrogens (tertiary/aromatic N) is 4. The van der Waals surface area contributed by atoms with Crippen molar-refractivity contribution in [3.8, 4) is 11.6 Å². The van der Waals surface area contributed by atoms with Crippen molar-refractivity contribution in [2.24, 2.45) is 0 Å². The molecular formula is C25H23F2N5O4. The summed E-state index contributed by atoms with van der Waals surface area (Å²) in [6.45, 7) is -2.04. The zero-order valence-corrected chi connectivity index (χ0v) is 19.1. The van der Waals surface area contributed by atoms with Crippen molar-refractivity contribution in [1.82, 2.24) is 20.0 Å². The SMILES string of the molecule is O=C(Nc1ccc(CCCCn2ccnn2)cc1)Oc1coc(/C=C/c2ccc(OC(F)F)cc2)n1. The molecule has 0 saturated heterocycles. The second-order valence-corrected chi connectivity index (χ2v) is 7.64. The van der Waals surface area contributed by atoms with Crippen molar-refractivity contribution in [2.75, 3.05) is 5.32 Å². The molecule has 0 fully saturated rings. The highest BCUT2D eigenvalue weighted by molar-refractivity contribution is 5.86. The number of nitrogens with one attached hydrogen (secondary N) is 1. The maximum atomic E-state index is 12.2. The van der Waals surface area contributed by atoms with E-state index < -0.39 is 12.7 Å². The second-order valence-electron chi connectivity index (χ2n) is 7.64. The van der Waals surface area contributed by atoms with Crippen LogP contribution < -0.4 is 14.8 Å². The molecule has 2 aromatic heterocycles. The standard InChI is InChI=1S/C25H23F2N5O4/c26-24(27)35-21-11-6-19(7-12-21)8-13-22-30-23(17-34-22)36-25(33)29-20-9-4-18(5-10-20)3-1-2-15-32-16-14-28-31-32/h4-14,16-17,24H,1-3,15H2,(H,29,33)/b13-8+. The minimum Gasteiger partial charge on any atom is -0.441 e. The fraction of sp³-hybridized carbons (Fsp3) is 0.200. The van der Waals surface area contributed by atoms with Crippen LogP contribution in [0, 0.1) is 0 Å². The van der Waals surface area contributed by atoms with E-state index in [1.54, 1.807) is 30.5 Å². The molecule has 0 atom stereocenters. The minimum absolute atomic E-state index is 0.00293. The topological polar surface area (TPSA) is 104 Å². The van der Waals surface area contributed by atoms with Crippen molar-refractivity contribution in [3.63, 3.8) is 0 Å². The molecule has 4 aromatic rings. The predicted octanol–water partition coefficient (Wildman–Crippen LogP) is 5.67. The molecule has 36 heavy (non-hydrogen) atoms. The van der Waals surface area contributed by atoms with Gasteiger partial charge >= 0.3 is 12.7 Å². The highest BCUT2D eigenvalue weighted by Crippen LogP contribution is 2.18. The number of hydrogen-bond donors (Lipinski definition) is 1. The Morgan fingerprint density at radius 1 is 1.08 bits per heavy atom. The van der Waals surface area contributed by atoms with E-state index in [4.69, 9.17) is 9.15 Å². The summed E-state index contributed by atoms with van der Waals surface area (Å²) >= 11 is 0. The Balaban J connectivity index is 1.20. The van der Waals surface area contributed by atoms with Crippen LogP contribution >= 0.6 is 0 Å². The first kappa shape index (κ1) is 24.6. The number of carbonyl (C=O) groups excluding carboxylic acids is 1. The first-order chi connectivity index (χ1) is 17.5. The van der Waals surface area contributed by atoms with Crippen LogP contribution in [0.4, 0.5) is 19.3 Å². The third-order valence-electron chi connectivity index (χ3n) is 5.00. The largest absolute Gasteiger partial charge is 0.441 e. The molecule has 186 valence electrons. The van der Waals surface area contributed by atoms with Gasteiger partial charge in [-0.15, -0.1) is 5.10 Å². The predicted molar refractivity (Wildman–Crippen MR) is 128 cm³/mol. The number of ether oxygens (including phenoxy) is 2. The van der Waals surface area contributed by atoms with Crippen molar-refractivity contribution < 1.29 is 27.5 Å². The summed E-state index contributed by atoms with van der Waals surface area (Å²) in [5.41, 5.74) is 2.47. The Bertz CT molecular complexity index is 1260. The average Bonchev–Trinajstić information content (AvgIpc) is 3.54. The van der Waals surface area contributed by atoms with Crippen LogP contribution in [0.1, 0.15) is 29.9 Å². The van der Waals surface area contributed by atoms with Gasteiger partial charge in [-0.1, -0.05) is 29.5 Å². The number of alkyl halides is 2. The molecule has 0 aliphatic rings. The molecule has 4 rings (SSSR count). The van der Waals surface area contributed by atoms with Gasteiger partial charge in [-0.25, -0.2) is 4.79 Å². The first-order valence-corrected chi connectivity index (χ1v) is 11.1. The van der Waals surface area contributed by atoms with Crippen molar-refractivity contribution >= 4 is 23.9 Å². The van der Waals surface area contributed by atoms with Gasteiger partial charge in [0, 0.05) is 24.5 Å². The number of aromatic nitrogens is 4. The molecule has 2 aromatic carbocycles. The number of rotatable bonds is 11. The molecule has 0 aliphatic heterocycles. The molecular weight excluding hydrogens is 472 g/mol. The number of anilines is 1. The number of benzene rings is 2. The Hall–Kier alpha value is -4.54. The maximum Gasteiger partial charge on any atom is 0.418 e. The van der Waals surface area contributed by atoms with E-state index in [1.165, 1.54) is 18.4 Å². The van der Waals surface area contributed by atoms with Crippen molar-refractivity contribution in [2.45, 2.75) is 32.4 Å². The second kappa shape index (κ2) is 12.2. The number of amides is 1. The van der Waals surface area contributed by atoms with Gasteiger partial charge in [0.2, 0.25) is 5.89 Å². The van der Waals surface area contributed by atoms with Gasteiger partial charge < -0.3 is 13.9 Å². The highest BCUT2D eigenvalue weighted by atomic mass is 19.3. The summed E-state index contributed by atoms with van der Waals surface area (Å²) in [4.78, 5) is 16.2. The van der Waals surface area contributed by atoms with E-state index in [-0.39, 0.29) is 17.5 Å². The van der Waals surface area contributed by atoms with Crippen molar-refractivity contribution in [1.29, 1.82) is 0 Å². The maximum absolute atomic E-state index is 12.2. The lowest BCUT2D eigenvalue weighted by molar-refractivity contribution is -0.0498. The number of hydrogen-bond acceptors (Lipinski definition) is 7. The van der Waals surface area contributed by atoms with E-state index in [1.807, 2.05) is 35.1 Å². The van der Waals surface area contributed by atoms with Gasteiger partial charge in [0.25, 0.3) is 5.88 Å². The number of carbonyl (C=O) groups is 1. The third kappa shape index (κ3) is 7.76.